The highest BCUT2D eigenvalue weighted by atomic mass is 16.5. The number of carboxylic acids is 1. The standard InChI is InChI=1S/C34H44N2O6/c1-8-10-11-14-21-42-31(40)35-28(32(3,4)5)29(37)36-23-34(41-7,22-33(36,6)30(38)39)26-19-17-25(18-20-26)27-16-13-12-15-24(27)9-2/h8-9,12-13,15-20,28H,1-2,10-11,14,21-23H2,3-7H3,(H,35,40)(H,38,39)/t28?,33-,34-/m0/s1. The SMILES string of the molecule is C=CCCCCOC(=O)NC(C(=O)N1C[C@](OC)(c2ccc(-c3ccccc3C=C)cc2)C[C@@]1(C)C(=O)O)C(C)(C)C. The smallest absolute Gasteiger partial charge is 0.407 e. The number of ether oxygens (including phenoxy) is 2. The summed E-state index contributed by atoms with van der Waals surface area (Å²) in [6, 6.07) is 14.7. The summed E-state index contributed by atoms with van der Waals surface area (Å²) >= 11 is 0. The van der Waals surface area contributed by atoms with E-state index in [2.05, 4.69) is 18.5 Å². The summed E-state index contributed by atoms with van der Waals surface area (Å²) in [5.41, 5.74) is 0.374. The molecule has 1 unspecified atom stereocenters. The lowest BCUT2D eigenvalue weighted by Gasteiger charge is -2.38. The number of carbonyl (C=O) groups excluding carboxylic acids is 2. The Morgan fingerprint density at radius 2 is 1.76 bits per heavy atom. The minimum absolute atomic E-state index is 0.00140. The van der Waals surface area contributed by atoms with Crippen LogP contribution in [0.15, 0.2) is 67.8 Å². The summed E-state index contributed by atoms with van der Waals surface area (Å²) in [7, 11) is 1.53. The lowest BCUT2D eigenvalue weighted by molar-refractivity contribution is -0.157. The van der Waals surface area contributed by atoms with Crippen molar-refractivity contribution < 1.29 is 29.0 Å². The molecule has 1 aliphatic heterocycles. The van der Waals surface area contributed by atoms with Gasteiger partial charge in [-0.15, -0.1) is 6.58 Å². The van der Waals surface area contributed by atoms with Gasteiger partial charge in [-0.1, -0.05) is 88.0 Å². The van der Waals surface area contributed by atoms with Crippen molar-refractivity contribution in [3.05, 3.63) is 78.9 Å². The summed E-state index contributed by atoms with van der Waals surface area (Å²) in [4.78, 5) is 40.9. The molecule has 0 bridgehead atoms. The predicted molar refractivity (Wildman–Crippen MR) is 165 cm³/mol. The Kier molecular flexibility index (Phi) is 10.4. The third kappa shape index (κ3) is 6.93. The normalized spacial score (nSPS) is 20.9. The van der Waals surface area contributed by atoms with Crippen LogP contribution in [0.1, 0.15) is 64.5 Å². The number of rotatable bonds is 12. The first-order chi connectivity index (χ1) is 19.8. The van der Waals surface area contributed by atoms with Crippen LogP contribution >= 0.6 is 0 Å². The van der Waals surface area contributed by atoms with E-state index in [0.29, 0.717) is 6.42 Å². The van der Waals surface area contributed by atoms with Crippen molar-refractivity contribution in [1.29, 1.82) is 0 Å². The monoisotopic (exact) mass is 576 g/mol. The molecule has 0 saturated carbocycles. The van der Waals surface area contributed by atoms with E-state index >= 15 is 0 Å². The van der Waals surface area contributed by atoms with E-state index in [1.165, 1.54) is 18.9 Å². The number of methoxy groups -OCH3 is 1. The van der Waals surface area contributed by atoms with Gasteiger partial charge in [-0.25, -0.2) is 9.59 Å². The van der Waals surface area contributed by atoms with Crippen LogP contribution in [0.4, 0.5) is 4.79 Å². The maximum Gasteiger partial charge on any atom is 0.407 e. The minimum Gasteiger partial charge on any atom is -0.480 e. The molecule has 0 spiro atoms. The Balaban J connectivity index is 1.91. The fourth-order valence-electron chi connectivity index (χ4n) is 5.51. The number of alkyl carbamates (subject to hydrolysis) is 1. The van der Waals surface area contributed by atoms with Gasteiger partial charge in [0.2, 0.25) is 5.91 Å². The number of hydrogen-bond acceptors (Lipinski definition) is 5. The molecule has 8 heteroatoms. The number of nitrogens with zero attached hydrogens (tertiary/aromatic N) is 1. The topological polar surface area (TPSA) is 105 Å². The molecule has 2 aromatic carbocycles. The number of allylic oxidation sites excluding steroid dienone is 1. The van der Waals surface area contributed by atoms with E-state index in [1.807, 2.05) is 69.3 Å². The van der Waals surface area contributed by atoms with Crippen molar-refractivity contribution in [3.63, 3.8) is 0 Å². The zero-order chi connectivity index (χ0) is 31.1. The first kappa shape index (κ1) is 32.6. The van der Waals surface area contributed by atoms with Gasteiger partial charge < -0.3 is 24.8 Å². The Morgan fingerprint density at radius 1 is 1.10 bits per heavy atom. The number of unbranched alkanes of at least 4 members (excludes halogenated alkanes) is 2. The summed E-state index contributed by atoms with van der Waals surface area (Å²) < 4.78 is 11.4. The Morgan fingerprint density at radius 3 is 2.33 bits per heavy atom. The highest BCUT2D eigenvalue weighted by Gasteiger charge is 2.59. The highest BCUT2D eigenvalue weighted by Crippen LogP contribution is 2.46. The number of aliphatic carboxylic acids is 1. The van der Waals surface area contributed by atoms with Crippen LogP contribution < -0.4 is 5.32 Å². The van der Waals surface area contributed by atoms with Crippen LogP contribution in [0.3, 0.4) is 0 Å². The largest absolute Gasteiger partial charge is 0.480 e. The second kappa shape index (κ2) is 13.4. The molecule has 2 aromatic rings. The number of carbonyl (C=O) groups is 3. The van der Waals surface area contributed by atoms with Gasteiger partial charge in [0, 0.05) is 13.5 Å². The molecular formula is C34H44N2O6. The molecule has 0 aromatic heterocycles. The van der Waals surface area contributed by atoms with Crippen LogP contribution in [0.5, 0.6) is 0 Å². The lowest BCUT2D eigenvalue weighted by atomic mass is 9.84. The molecule has 1 heterocycles. The van der Waals surface area contributed by atoms with E-state index in [0.717, 1.165) is 35.1 Å². The van der Waals surface area contributed by atoms with Gasteiger partial charge in [-0.2, -0.15) is 0 Å². The van der Waals surface area contributed by atoms with Crippen molar-refractivity contribution in [2.75, 3.05) is 20.3 Å². The molecule has 2 amide bonds. The van der Waals surface area contributed by atoms with E-state index < -0.39 is 40.6 Å². The van der Waals surface area contributed by atoms with E-state index in [-0.39, 0.29) is 19.6 Å². The molecule has 1 aliphatic rings. The van der Waals surface area contributed by atoms with Gasteiger partial charge in [-0.05, 0) is 53.9 Å². The zero-order valence-corrected chi connectivity index (χ0v) is 25.4. The average Bonchev–Trinajstić information content (AvgIpc) is 3.30. The van der Waals surface area contributed by atoms with Crippen LogP contribution in [-0.4, -0.2) is 59.8 Å². The molecule has 42 heavy (non-hydrogen) atoms. The molecule has 0 aliphatic carbocycles. The average molecular weight is 577 g/mol. The second-order valence-corrected chi connectivity index (χ2v) is 12.1. The molecular weight excluding hydrogens is 532 g/mol. The molecule has 1 saturated heterocycles. The third-order valence-electron chi connectivity index (χ3n) is 8.07. The zero-order valence-electron chi connectivity index (χ0n) is 25.4. The second-order valence-electron chi connectivity index (χ2n) is 12.1. The van der Waals surface area contributed by atoms with Crippen LogP contribution in [0, 0.1) is 5.41 Å². The van der Waals surface area contributed by atoms with Crippen LogP contribution in [0.25, 0.3) is 17.2 Å². The van der Waals surface area contributed by atoms with Crippen molar-refractivity contribution in [1.82, 2.24) is 10.2 Å². The van der Waals surface area contributed by atoms with Gasteiger partial charge >= 0.3 is 12.1 Å². The van der Waals surface area contributed by atoms with Crippen LogP contribution in [0.2, 0.25) is 0 Å². The van der Waals surface area contributed by atoms with E-state index in [4.69, 9.17) is 9.47 Å². The molecule has 1 fully saturated rings. The van der Waals surface area contributed by atoms with Crippen molar-refractivity contribution in [2.24, 2.45) is 5.41 Å². The lowest BCUT2D eigenvalue weighted by Crippen LogP contribution is -2.60. The van der Waals surface area contributed by atoms with Gasteiger partial charge in [-0.3, -0.25) is 4.79 Å². The van der Waals surface area contributed by atoms with Crippen molar-refractivity contribution in [2.45, 2.75) is 70.6 Å². The number of nitrogens with one attached hydrogen (secondary N) is 1. The molecule has 3 atom stereocenters. The van der Waals surface area contributed by atoms with Gasteiger partial charge in [0.15, 0.2) is 0 Å². The van der Waals surface area contributed by atoms with E-state index in [9.17, 15) is 19.5 Å². The quantitative estimate of drug-likeness (QED) is 0.223. The predicted octanol–water partition coefficient (Wildman–Crippen LogP) is 6.41. The fraction of sp³-hybridized carbons (Fsp3) is 0.441. The van der Waals surface area contributed by atoms with Gasteiger partial charge in [0.1, 0.15) is 17.2 Å². The number of benzene rings is 2. The maximum absolute atomic E-state index is 14.1. The first-order valence-corrected chi connectivity index (χ1v) is 14.3. The number of hydrogen-bond donors (Lipinski definition) is 2. The van der Waals surface area contributed by atoms with Crippen molar-refractivity contribution in [3.8, 4) is 11.1 Å². The molecule has 226 valence electrons. The number of likely N-dealkylation sites (tertiary alicyclic amines) is 1. The van der Waals surface area contributed by atoms with E-state index in [1.54, 1.807) is 12.2 Å². The molecule has 8 nitrogen and oxygen atoms in total. The third-order valence-corrected chi connectivity index (χ3v) is 8.07. The Hall–Kier alpha value is -3.91. The number of amides is 2. The summed E-state index contributed by atoms with van der Waals surface area (Å²) in [5, 5.41) is 13.1. The minimum atomic E-state index is -1.58. The number of carboxylic acid groups (broad SMARTS) is 1. The first-order valence-electron chi connectivity index (χ1n) is 14.3. The Labute approximate surface area is 249 Å². The fourth-order valence-corrected chi connectivity index (χ4v) is 5.51. The van der Waals surface area contributed by atoms with Gasteiger partial charge in [0.05, 0.1) is 13.2 Å². The highest BCUT2D eigenvalue weighted by molar-refractivity contribution is 5.92. The Bertz CT molecular complexity index is 1300. The molecule has 3 rings (SSSR count). The van der Waals surface area contributed by atoms with Crippen LogP contribution in [-0.2, 0) is 24.7 Å². The summed E-state index contributed by atoms with van der Waals surface area (Å²) in [6.45, 7) is 14.8. The maximum atomic E-state index is 14.1. The molecule has 2 N–H and O–H groups in total. The summed E-state index contributed by atoms with van der Waals surface area (Å²) in [6.07, 6.45) is 5.26. The van der Waals surface area contributed by atoms with Gasteiger partial charge in [0.25, 0.3) is 0 Å². The molecule has 0 radical (unpaired) electrons. The van der Waals surface area contributed by atoms with Crippen molar-refractivity contribution >= 4 is 24.0 Å². The summed E-state index contributed by atoms with van der Waals surface area (Å²) in [5.74, 6) is -1.66.